The Morgan fingerprint density at radius 2 is 1.58 bits per heavy atom. The number of amides is 2. The molecule has 1 fully saturated rings. The molecule has 1 aliphatic rings. The number of fused-ring (bicyclic) bond motifs is 1. The summed E-state index contributed by atoms with van der Waals surface area (Å²) >= 11 is 0. The zero-order chi connectivity index (χ0) is 26.7. The molecule has 0 saturated carbocycles. The molecule has 38 heavy (non-hydrogen) atoms. The number of hydrogen-bond donors (Lipinski definition) is 2. The number of rotatable bonds is 5. The summed E-state index contributed by atoms with van der Waals surface area (Å²) in [5.41, 5.74) is 1.13. The minimum atomic E-state index is -4.49. The minimum Gasteiger partial charge on any atom is -0.457 e. The lowest BCUT2D eigenvalue weighted by atomic mass is 10.2. The third-order valence-corrected chi connectivity index (χ3v) is 6.12. The van der Waals surface area contributed by atoms with Gasteiger partial charge in [-0.25, -0.2) is 9.78 Å². The van der Waals surface area contributed by atoms with E-state index in [1.165, 1.54) is 12.1 Å². The van der Waals surface area contributed by atoms with Gasteiger partial charge in [0.2, 0.25) is 0 Å². The monoisotopic (exact) mass is 522 g/mol. The van der Waals surface area contributed by atoms with Crippen molar-refractivity contribution < 1.29 is 22.7 Å². The van der Waals surface area contributed by atoms with Gasteiger partial charge in [-0.3, -0.25) is 4.98 Å². The van der Waals surface area contributed by atoms with Crippen LogP contribution in [0.2, 0.25) is 0 Å². The van der Waals surface area contributed by atoms with Crippen molar-refractivity contribution in [3.05, 3.63) is 78.5 Å². The average molecular weight is 523 g/mol. The van der Waals surface area contributed by atoms with Crippen LogP contribution < -0.4 is 20.3 Å². The molecule has 1 aromatic heterocycles. The van der Waals surface area contributed by atoms with E-state index in [0.29, 0.717) is 17.2 Å². The Kier molecular flexibility index (Phi) is 7.01. The van der Waals surface area contributed by atoms with Crippen LogP contribution in [0.3, 0.4) is 0 Å². The first kappa shape index (κ1) is 25.3. The summed E-state index contributed by atoms with van der Waals surface area (Å²) in [6, 6.07) is 15.9. The van der Waals surface area contributed by atoms with Crippen LogP contribution in [0, 0.1) is 0 Å². The molecule has 0 bridgehead atoms. The van der Waals surface area contributed by atoms with Crippen LogP contribution in [0.4, 0.5) is 35.2 Å². The number of likely N-dealkylation sites (N-methyl/N-ethyl adjacent to an activating group) is 1. The van der Waals surface area contributed by atoms with Crippen molar-refractivity contribution in [2.75, 3.05) is 48.8 Å². The molecule has 8 nitrogen and oxygen atoms in total. The van der Waals surface area contributed by atoms with Crippen LogP contribution >= 0.6 is 0 Å². The second-order valence-electron chi connectivity index (χ2n) is 8.95. The number of alkyl halides is 3. The maximum Gasteiger partial charge on any atom is 0.416 e. The van der Waals surface area contributed by atoms with Crippen molar-refractivity contribution in [1.82, 2.24) is 14.9 Å². The van der Waals surface area contributed by atoms with Gasteiger partial charge in [-0.05, 0) is 61.6 Å². The lowest BCUT2D eigenvalue weighted by molar-refractivity contribution is -0.137. The molecule has 2 amide bonds. The Morgan fingerprint density at radius 3 is 2.32 bits per heavy atom. The fourth-order valence-corrected chi connectivity index (χ4v) is 4.04. The second-order valence-corrected chi connectivity index (χ2v) is 8.95. The van der Waals surface area contributed by atoms with Gasteiger partial charge in [0.05, 0.1) is 22.8 Å². The maximum atomic E-state index is 12.9. The molecular weight excluding hydrogens is 497 g/mol. The topological polar surface area (TPSA) is 82.6 Å². The van der Waals surface area contributed by atoms with Crippen molar-refractivity contribution in [2.45, 2.75) is 6.18 Å². The zero-order valence-electron chi connectivity index (χ0n) is 20.5. The Hall–Kier alpha value is -4.38. The Morgan fingerprint density at radius 1 is 0.868 bits per heavy atom. The molecule has 0 atom stereocenters. The van der Waals surface area contributed by atoms with Gasteiger partial charge in [0.15, 0.2) is 0 Å². The first-order valence-electron chi connectivity index (χ1n) is 12.0. The van der Waals surface area contributed by atoms with Crippen LogP contribution in [0.15, 0.2) is 72.9 Å². The van der Waals surface area contributed by atoms with Gasteiger partial charge in [-0.2, -0.15) is 13.2 Å². The van der Waals surface area contributed by atoms with Crippen molar-refractivity contribution in [3.8, 4) is 11.5 Å². The number of hydrogen-bond acceptors (Lipinski definition) is 6. The van der Waals surface area contributed by atoms with E-state index in [2.05, 4.69) is 32.5 Å². The van der Waals surface area contributed by atoms with E-state index in [0.717, 1.165) is 55.2 Å². The van der Waals surface area contributed by atoms with Gasteiger partial charge < -0.3 is 25.2 Å². The van der Waals surface area contributed by atoms with Gasteiger partial charge in [0.25, 0.3) is 0 Å². The quantitative estimate of drug-likeness (QED) is 0.343. The molecule has 0 spiro atoms. The third kappa shape index (κ3) is 6.12. The number of piperazine rings is 1. The van der Waals surface area contributed by atoms with E-state index in [1.807, 2.05) is 12.1 Å². The molecule has 11 heteroatoms. The van der Waals surface area contributed by atoms with E-state index in [1.54, 1.807) is 36.5 Å². The van der Waals surface area contributed by atoms with Crippen LogP contribution in [-0.4, -0.2) is 54.1 Å². The Balaban J connectivity index is 1.21. The smallest absolute Gasteiger partial charge is 0.416 e. The SMILES string of the molecule is CN1CCN(c2cnc3ccc(Oc4ccc(NC(=O)Nc5cccc(C(F)(F)F)c5)cc4)cc3n2)CC1. The molecule has 1 aliphatic heterocycles. The van der Waals surface area contributed by atoms with Gasteiger partial charge in [-0.1, -0.05) is 6.07 Å². The third-order valence-electron chi connectivity index (χ3n) is 6.12. The molecule has 0 radical (unpaired) electrons. The summed E-state index contributed by atoms with van der Waals surface area (Å²) in [5.74, 6) is 1.96. The fraction of sp³-hybridized carbons (Fsp3) is 0.222. The normalized spacial score (nSPS) is 14.4. The van der Waals surface area contributed by atoms with E-state index >= 15 is 0 Å². The maximum absolute atomic E-state index is 12.9. The number of halogens is 3. The van der Waals surface area contributed by atoms with Crippen molar-refractivity contribution in [2.24, 2.45) is 0 Å². The number of carbonyl (C=O) groups is 1. The Bertz CT molecular complexity index is 1440. The van der Waals surface area contributed by atoms with Gasteiger partial charge in [0, 0.05) is 43.6 Å². The van der Waals surface area contributed by atoms with Crippen LogP contribution in [-0.2, 0) is 6.18 Å². The summed E-state index contributed by atoms with van der Waals surface area (Å²) in [7, 11) is 2.10. The summed E-state index contributed by atoms with van der Waals surface area (Å²) in [5, 5.41) is 5.00. The van der Waals surface area contributed by atoms with E-state index in [-0.39, 0.29) is 5.69 Å². The zero-order valence-corrected chi connectivity index (χ0v) is 20.5. The van der Waals surface area contributed by atoms with Crippen molar-refractivity contribution in [1.29, 1.82) is 0 Å². The van der Waals surface area contributed by atoms with Gasteiger partial charge in [0.1, 0.15) is 17.3 Å². The summed E-state index contributed by atoms with van der Waals surface area (Å²) in [6.07, 6.45) is -2.70. The highest BCUT2D eigenvalue weighted by atomic mass is 19.4. The molecule has 3 aromatic carbocycles. The number of carbonyl (C=O) groups excluding carboxylic acids is 1. The highest BCUT2D eigenvalue weighted by Crippen LogP contribution is 2.31. The minimum absolute atomic E-state index is 0.0347. The number of anilines is 3. The summed E-state index contributed by atoms with van der Waals surface area (Å²) in [4.78, 5) is 26.1. The molecule has 0 aliphatic carbocycles. The van der Waals surface area contributed by atoms with E-state index in [4.69, 9.17) is 9.72 Å². The van der Waals surface area contributed by atoms with Crippen molar-refractivity contribution in [3.63, 3.8) is 0 Å². The standard InChI is InChI=1S/C27H25F3N6O2/c1-35-11-13-36(14-12-35)25-17-31-23-10-9-22(16-24(23)34-25)38-21-7-5-19(6-8-21)32-26(37)33-20-4-2-3-18(15-20)27(28,29)30/h2-10,15-17H,11-14H2,1H3,(H2,32,33,37). The molecule has 0 unspecified atom stereocenters. The molecule has 4 aromatic rings. The number of nitrogens with one attached hydrogen (secondary N) is 2. The molecule has 5 rings (SSSR count). The van der Waals surface area contributed by atoms with Gasteiger partial charge >= 0.3 is 12.2 Å². The molecular formula is C27H25F3N6O2. The summed E-state index contributed by atoms with van der Waals surface area (Å²) in [6.45, 7) is 3.73. The van der Waals surface area contributed by atoms with Gasteiger partial charge in [-0.15, -0.1) is 0 Å². The number of ether oxygens (including phenoxy) is 1. The number of urea groups is 1. The largest absolute Gasteiger partial charge is 0.457 e. The number of aromatic nitrogens is 2. The Labute approximate surface area is 217 Å². The molecule has 2 heterocycles. The molecule has 196 valence electrons. The van der Waals surface area contributed by atoms with E-state index < -0.39 is 17.8 Å². The molecule has 1 saturated heterocycles. The number of benzene rings is 3. The lowest BCUT2D eigenvalue weighted by Crippen LogP contribution is -2.44. The van der Waals surface area contributed by atoms with Crippen LogP contribution in [0.5, 0.6) is 11.5 Å². The highest BCUT2D eigenvalue weighted by Gasteiger charge is 2.30. The number of nitrogens with zero attached hydrogens (tertiary/aromatic N) is 4. The van der Waals surface area contributed by atoms with Crippen LogP contribution in [0.25, 0.3) is 11.0 Å². The van der Waals surface area contributed by atoms with E-state index in [9.17, 15) is 18.0 Å². The van der Waals surface area contributed by atoms with Crippen LogP contribution in [0.1, 0.15) is 5.56 Å². The predicted octanol–water partition coefficient (Wildman–Crippen LogP) is 5.84. The van der Waals surface area contributed by atoms with Crippen molar-refractivity contribution >= 4 is 34.3 Å². The summed E-state index contributed by atoms with van der Waals surface area (Å²) < 4.78 is 44.6. The predicted molar refractivity (Wildman–Crippen MR) is 140 cm³/mol. The first-order valence-corrected chi connectivity index (χ1v) is 12.0. The fourth-order valence-electron chi connectivity index (χ4n) is 4.04. The average Bonchev–Trinajstić information content (AvgIpc) is 2.89. The lowest BCUT2D eigenvalue weighted by Gasteiger charge is -2.33. The highest BCUT2D eigenvalue weighted by molar-refractivity contribution is 5.99. The first-order chi connectivity index (χ1) is 18.2. The second kappa shape index (κ2) is 10.5. The molecule has 2 N–H and O–H groups in total.